The van der Waals surface area contributed by atoms with Crippen molar-refractivity contribution in [3.8, 4) is 21.8 Å². The lowest BCUT2D eigenvalue weighted by Crippen LogP contribution is -2.22. The molecule has 150 valence electrons. The number of pyridine rings is 2. The lowest BCUT2D eigenvalue weighted by atomic mass is 10.1. The minimum Gasteiger partial charge on any atom is -0.346 e. The third-order valence-electron chi connectivity index (χ3n) is 4.47. The van der Waals surface area contributed by atoms with Gasteiger partial charge in [-0.25, -0.2) is 0 Å². The van der Waals surface area contributed by atoms with Crippen LogP contribution < -0.4 is 5.32 Å². The SMILES string of the molecule is Cc1cc(-c2ncc(CNC(=O)c3nnc(-c4ccc(Cl)cc4)s3)cc2C)ccn1. The molecule has 3 aromatic heterocycles. The van der Waals surface area contributed by atoms with Crippen LogP contribution in [0.25, 0.3) is 21.8 Å². The molecule has 0 fully saturated rings. The van der Waals surface area contributed by atoms with E-state index in [1.165, 1.54) is 11.3 Å². The van der Waals surface area contributed by atoms with Crippen LogP contribution in [-0.4, -0.2) is 26.1 Å². The van der Waals surface area contributed by atoms with E-state index in [0.29, 0.717) is 21.6 Å². The fraction of sp³-hybridized carbons (Fsp3) is 0.136. The number of rotatable bonds is 5. The number of aryl methyl sites for hydroxylation is 2. The molecule has 0 aliphatic heterocycles. The molecular weight excluding hydrogens is 418 g/mol. The van der Waals surface area contributed by atoms with Crippen LogP contribution >= 0.6 is 22.9 Å². The highest BCUT2D eigenvalue weighted by molar-refractivity contribution is 7.16. The molecule has 1 amide bonds. The van der Waals surface area contributed by atoms with Gasteiger partial charge in [-0.05, 0) is 49.2 Å². The first-order valence-electron chi connectivity index (χ1n) is 9.26. The molecule has 0 atom stereocenters. The fourth-order valence-corrected chi connectivity index (χ4v) is 3.90. The highest BCUT2D eigenvalue weighted by Crippen LogP contribution is 2.25. The molecular formula is C22H18ClN5OS. The van der Waals surface area contributed by atoms with Gasteiger partial charge in [0.1, 0.15) is 5.01 Å². The molecule has 0 saturated heterocycles. The van der Waals surface area contributed by atoms with Gasteiger partial charge < -0.3 is 5.32 Å². The Bertz CT molecular complexity index is 1210. The number of hydrogen-bond donors (Lipinski definition) is 1. The minimum atomic E-state index is -0.265. The van der Waals surface area contributed by atoms with Gasteiger partial charge >= 0.3 is 0 Å². The molecule has 0 aliphatic rings. The summed E-state index contributed by atoms with van der Waals surface area (Å²) in [5.74, 6) is -0.265. The van der Waals surface area contributed by atoms with Crippen molar-refractivity contribution < 1.29 is 4.79 Å². The Morgan fingerprint density at radius 2 is 1.83 bits per heavy atom. The van der Waals surface area contributed by atoms with Gasteiger partial charge in [-0.15, -0.1) is 10.2 Å². The van der Waals surface area contributed by atoms with Crippen molar-refractivity contribution in [3.05, 3.63) is 81.7 Å². The number of carbonyl (C=O) groups is 1. The molecule has 1 aromatic carbocycles. The molecule has 0 radical (unpaired) electrons. The van der Waals surface area contributed by atoms with Crippen molar-refractivity contribution in [1.29, 1.82) is 0 Å². The number of halogens is 1. The normalized spacial score (nSPS) is 10.8. The Balaban J connectivity index is 1.43. The van der Waals surface area contributed by atoms with Crippen LogP contribution in [0.1, 0.15) is 26.6 Å². The zero-order valence-electron chi connectivity index (χ0n) is 16.4. The molecule has 4 aromatic rings. The van der Waals surface area contributed by atoms with E-state index in [0.717, 1.165) is 33.6 Å². The zero-order valence-corrected chi connectivity index (χ0v) is 18.0. The van der Waals surface area contributed by atoms with E-state index in [2.05, 4.69) is 25.5 Å². The number of nitrogens with zero attached hydrogens (tertiary/aromatic N) is 4. The van der Waals surface area contributed by atoms with Crippen molar-refractivity contribution in [1.82, 2.24) is 25.5 Å². The molecule has 6 nitrogen and oxygen atoms in total. The van der Waals surface area contributed by atoms with Crippen molar-refractivity contribution in [3.63, 3.8) is 0 Å². The van der Waals surface area contributed by atoms with Crippen LogP contribution in [-0.2, 0) is 6.54 Å². The first-order chi connectivity index (χ1) is 14.5. The average molecular weight is 436 g/mol. The molecule has 0 unspecified atom stereocenters. The molecule has 4 rings (SSSR count). The van der Waals surface area contributed by atoms with Crippen molar-refractivity contribution in [2.45, 2.75) is 20.4 Å². The Morgan fingerprint density at radius 3 is 2.57 bits per heavy atom. The zero-order chi connectivity index (χ0) is 21.1. The van der Waals surface area contributed by atoms with Crippen molar-refractivity contribution >= 4 is 28.8 Å². The summed E-state index contributed by atoms with van der Waals surface area (Å²) in [5, 5.41) is 12.6. The number of hydrogen-bond acceptors (Lipinski definition) is 6. The Kier molecular flexibility index (Phi) is 5.83. The van der Waals surface area contributed by atoms with Crippen LogP contribution in [0, 0.1) is 13.8 Å². The topological polar surface area (TPSA) is 80.7 Å². The van der Waals surface area contributed by atoms with Crippen molar-refractivity contribution in [2.24, 2.45) is 0 Å². The van der Waals surface area contributed by atoms with E-state index in [9.17, 15) is 4.79 Å². The van der Waals surface area contributed by atoms with Crippen LogP contribution in [0.15, 0.2) is 54.9 Å². The third kappa shape index (κ3) is 4.53. The van der Waals surface area contributed by atoms with E-state index >= 15 is 0 Å². The van der Waals surface area contributed by atoms with Gasteiger partial charge in [0.2, 0.25) is 5.01 Å². The summed E-state index contributed by atoms with van der Waals surface area (Å²) in [6.45, 7) is 4.32. The standard InChI is InChI=1S/C22H18ClN5OS/c1-13-9-15(11-25-19(13)17-7-8-24-14(2)10-17)12-26-20(29)22-28-27-21(30-22)16-3-5-18(23)6-4-16/h3-11H,12H2,1-2H3,(H,26,29). The summed E-state index contributed by atoms with van der Waals surface area (Å²) >= 11 is 7.15. The Hall–Kier alpha value is -3.16. The summed E-state index contributed by atoms with van der Waals surface area (Å²) in [4.78, 5) is 21.3. The molecule has 0 saturated carbocycles. The smallest absolute Gasteiger partial charge is 0.282 e. The van der Waals surface area contributed by atoms with Gasteiger partial charge in [-0.2, -0.15) is 0 Å². The second-order valence-electron chi connectivity index (χ2n) is 6.80. The summed E-state index contributed by atoms with van der Waals surface area (Å²) in [5.41, 5.74) is 5.70. The van der Waals surface area contributed by atoms with Crippen molar-refractivity contribution in [2.75, 3.05) is 0 Å². The van der Waals surface area contributed by atoms with E-state index in [1.807, 2.05) is 44.2 Å². The number of nitrogens with one attached hydrogen (secondary N) is 1. The average Bonchev–Trinajstić information content (AvgIpc) is 3.23. The van der Waals surface area contributed by atoms with E-state index in [-0.39, 0.29) is 5.91 Å². The van der Waals surface area contributed by atoms with Crippen LogP contribution in [0.3, 0.4) is 0 Å². The summed E-state index contributed by atoms with van der Waals surface area (Å²) in [6.07, 6.45) is 3.55. The molecule has 0 spiro atoms. The number of aromatic nitrogens is 4. The maximum atomic E-state index is 12.5. The molecule has 8 heteroatoms. The first kappa shape index (κ1) is 20.1. The number of benzene rings is 1. The lowest BCUT2D eigenvalue weighted by molar-refractivity contribution is 0.0949. The predicted molar refractivity (Wildman–Crippen MR) is 118 cm³/mol. The number of amides is 1. The second kappa shape index (κ2) is 8.69. The predicted octanol–water partition coefficient (Wildman–Crippen LogP) is 4.86. The highest BCUT2D eigenvalue weighted by atomic mass is 35.5. The van der Waals surface area contributed by atoms with Crippen LogP contribution in [0.5, 0.6) is 0 Å². The quantitative estimate of drug-likeness (QED) is 0.484. The van der Waals surface area contributed by atoms with Gasteiger partial charge in [0.05, 0.1) is 5.69 Å². The van der Waals surface area contributed by atoms with Gasteiger partial charge in [0.25, 0.3) is 5.91 Å². The molecule has 0 aliphatic carbocycles. The largest absolute Gasteiger partial charge is 0.346 e. The number of carbonyl (C=O) groups excluding carboxylic acids is 1. The Morgan fingerprint density at radius 1 is 1.03 bits per heavy atom. The second-order valence-corrected chi connectivity index (χ2v) is 8.21. The van der Waals surface area contributed by atoms with Gasteiger partial charge in [0.15, 0.2) is 0 Å². The summed E-state index contributed by atoms with van der Waals surface area (Å²) < 4.78 is 0. The maximum Gasteiger partial charge on any atom is 0.282 e. The molecule has 1 N–H and O–H groups in total. The van der Waals surface area contributed by atoms with Crippen LogP contribution in [0.2, 0.25) is 5.02 Å². The monoisotopic (exact) mass is 435 g/mol. The lowest BCUT2D eigenvalue weighted by Gasteiger charge is -2.09. The fourth-order valence-electron chi connectivity index (χ4n) is 3.01. The molecule has 3 heterocycles. The maximum absolute atomic E-state index is 12.5. The molecule has 30 heavy (non-hydrogen) atoms. The Labute approximate surface area is 183 Å². The summed E-state index contributed by atoms with van der Waals surface area (Å²) in [6, 6.07) is 13.2. The van der Waals surface area contributed by atoms with E-state index in [4.69, 9.17) is 11.6 Å². The van der Waals surface area contributed by atoms with E-state index < -0.39 is 0 Å². The van der Waals surface area contributed by atoms with E-state index in [1.54, 1.807) is 24.5 Å². The summed E-state index contributed by atoms with van der Waals surface area (Å²) in [7, 11) is 0. The first-order valence-corrected chi connectivity index (χ1v) is 10.5. The highest BCUT2D eigenvalue weighted by Gasteiger charge is 2.14. The minimum absolute atomic E-state index is 0.265. The van der Waals surface area contributed by atoms with Gasteiger partial charge in [-0.1, -0.05) is 41.1 Å². The molecule has 0 bridgehead atoms. The van der Waals surface area contributed by atoms with Crippen LogP contribution in [0.4, 0.5) is 0 Å². The van der Waals surface area contributed by atoms with Gasteiger partial charge in [0, 0.05) is 40.8 Å². The third-order valence-corrected chi connectivity index (χ3v) is 5.69. The van der Waals surface area contributed by atoms with Gasteiger partial charge in [-0.3, -0.25) is 14.8 Å².